The average Bonchev–Trinajstić information content (AvgIpc) is 3.11. The molecule has 2 aromatic heterocycles. The van der Waals surface area contributed by atoms with E-state index < -0.39 is 6.17 Å². The molecule has 6 heteroatoms. The third kappa shape index (κ3) is 3.39. The predicted octanol–water partition coefficient (Wildman–Crippen LogP) is 3.67. The molecule has 3 heterocycles. The lowest BCUT2D eigenvalue weighted by atomic mass is 10.1. The second-order valence-corrected chi connectivity index (χ2v) is 7.20. The Labute approximate surface area is 158 Å². The van der Waals surface area contributed by atoms with Crippen LogP contribution in [0.1, 0.15) is 23.2 Å². The molecule has 0 aliphatic carbocycles. The van der Waals surface area contributed by atoms with Gasteiger partial charge in [-0.2, -0.15) is 0 Å². The van der Waals surface area contributed by atoms with E-state index in [1.165, 1.54) is 0 Å². The lowest BCUT2D eigenvalue weighted by Gasteiger charge is -2.28. The summed E-state index contributed by atoms with van der Waals surface area (Å²) < 4.78 is 15.3. The van der Waals surface area contributed by atoms with E-state index in [-0.39, 0.29) is 5.91 Å². The van der Waals surface area contributed by atoms with Crippen molar-refractivity contribution in [3.8, 4) is 5.69 Å². The van der Waals surface area contributed by atoms with Crippen molar-refractivity contribution in [3.05, 3.63) is 54.4 Å². The van der Waals surface area contributed by atoms with E-state index in [1.807, 2.05) is 37.0 Å². The van der Waals surface area contributed by atoms with Gasteiger partial charge in [-0.3, -0.25) is 4.79 Å². The molecule has 1 amide bonds. The van der Waals surface area contributed by atoms with Gasteiger partial charge in [-0.1, -0.05) is 0 Å². The van der Waals surface area contributed by atoms with Gasteiger partial charge in [0.25, 0.3) is 5.91 Å². The van der Waals surface area contributed by atoms with Crippen molar-refractivity contribution in [1.82, 2.24) is 14.5 Å². The topological polar surface area (TPSA) is 41.4 Å². The zero-order valence-corrected chi connectivity index (χ0v) is 15.6. The number of amides is 1. The number of piperidine rings is 1. The summed E-state index contributed by atoms with van der Waals surface area (Å²) in [5.41, 5.74) is 3.52. The first-order chi connectivity index (χ1) is 13.0. The highest BCUT2D eigenvalue weighted by Crippen LogP contribution is 2.23. The molecule has 4 rings (SSSR count). The van der Waals surface area contributed by atoms with Gasteiger partial charge < -0.3 is 14.4 Å². The molecule has 0 unspecified atom stereocenters. The van der Waals surface area contributed by atoms with Crippen LogP contribution in [-0.2, 0) is 0 Å². The molecule has 1 aliphatic rings. The van der Waals surface area contributed by atoms with Crippen molar-refractivity contribution in [2.45, 2.75) is 19.0 Å². The van der Waals surface area contributed by atoms with Crippen molar-refractivity contribution < 1.29 is 9.18 Å². The van der Waals surface area contributed by atoms with Crippen molar-refractivity contribution in [2.75, 3.05) is 32.1 Å². The molecule has 1 fully saturated rings. The summed E-state index contributed by atoms with van der Waals surface area (Å²) in [6.07, 6.45) is 3.63. The zero-order chi connectivity index (χ0) is 19.0. The fraction of sp³-hybridized carbons (Fsp3) is 0.333. The minimum Gasteiger partial charge on any atom is -0.378 e. The standard InChI is InChI=1S/C21H23FN4O/c1-24(2)18-3-5-19(6-4-18)26-12-7-15-13-16(14-23-20(15)26)21(27)25-10-8-17(22)9-11-25/h3-7,12-14,17H,8-11H2,1-2H3. The van der Waals surface area contributed by atoms with Gasteiger partial charge >= 0.3 is 0 Å². The summed E-state index contributed by atoms with van der Waals surface area (Å²) in [6, 6.07) is 12.1. The highest BCUT2D eigenvalue weighted by molar-refractivity contribution is 5.97. The molecular formula is C21H23FN4O. The molecule has 1 aromatic carbocycles. The number of hydrogen-bond acceptors (Lipinski definition) is 3. The molecule has 0 N–H and O–H groups in total. The van der Waals surface area contributed by atoms with Crippen LogP contribution in [0.25, 0.3) is 16.7 Å². The van der Waals surface area contributed by atoms with Crippen LogP contribution in [0.3, 0.4) is 0 Å². The summed E-state index contributed by atoms with van der Waals surface area (Å²) in [7, 11) is 4.02. The van der Waals surface area contributed by atoms with Crippen molar-refractivity contribution in [1.29, 1.82) is 0 Å². The minimum absolute atomic E-state index is 0.0700. The Morgan fingerprint density at radius 3 is 2.52 bits per heavy atom. The molecule has 0 saturated carbocycles. The molecule has 0 radical (unpaired) electrons. The van der Waals surface area contributed by atoms with Crippen LogP contribution in [0, 0.1) is 0 Å². The van der Waals surface area contributed by atoms with Gasteiger partial charge in [0.1, 0.15) is 11.8 Å². The van der Waals surface area contributed by atoms with E-state index >= 15 is 0 Å². The van der Waals surface area contributed by atoms with E-state index in [2.05, 4.69) is 34.1 Å². The number of pyridine rings is 1. The molecule has 1 saturated heterocycles. The molecule has 27 heavy (non-hydrogen) atoms. The van der Waals surface area contributed by atoms with Gasteiger partial charge in [0.2, 0.25) is 0 Å². The summed E-state index contributed by atoms with van der Waals surface area (Å²) in [5.74, 6) is -0.0700. The zero-order valence-electron chi connectivity index (χ0n) is 15.6. The number of benzene rings is 1. The maximum absolute atomic E-state index is 13.3. The van der Waals surface area contributed by atoms with E-state index in [0.29, 0.717) is 31.5 Å². The number of anilines is 1. The Balaban J connectivity index is 1.60. The highest BCUT2D eigenvalue weighted by atomic mass is 19.1. The quantitative estimate of drug-likeness (QED) is 0.710. The van der Waals surface area contributed by atoms with Crippen LogP contribution in [0.5, 0.6) is 0 Å². The number of nitrogens with zero attached hydrogens (tertiary/aromatic N) is 4. The van der Waals surface area contributed by atoms with E-state index in [4.69, 9.17) is 0 Å². The van der Waals surface area contributed by atoms with E-state index in [0.717, 1.165) is 22.4 Å². The Morgan fingerprint density at radius 2 is 1.85 bits per heavy atom. The molecule has 140 valence electrons. The number of aromatic nitrogens is 2. The Morgan fingerprint density at radius 1 is 1.15 bits per heavy atom. The van der Waals surface area contributed by atoms with Gasteiger partial charge in [0.15, 0.2) is 0 Å². The first-order valence-corrected chi connectivity index (χ1v) is 9.21. The molecule has 5 nitrogen and oxygen atoms in total. The smallest absolute Gasteiger partial charge is 0.255 e. The number of likely N-dealkylation sites (tertiary alicyclic amines) is 1. The van der Waals surface area contributed by atoms with E-state index in [9.17, 15) is 9.18 Å². The number of carbonyl (C=O) groups is 1. The van der Waals surface area contributed by atoms with Crippen molar-refractivity contribution >= 4 is 22.6 Å². The largest absolute Gasteiger partial charge is 0.378 e. The number of fused-ring (bicyclic) bond motifs is 1. The Hall–Kier alpha value is -2.89. The fourth-order valence-corrected chi connectivity index (χ4v) is 3.49. The van der Waals surface area contributed by atoms with Crippen LogP contribution < -0.4 is 4.90 Å². The Bertz CT molecular complexity index is 956. The van der Waals surface area contributed by atoms with Crippen molar-refractivity contribution in [3.63, 3.8) is 0 Å². The number of alkyl halides is 1. The SMILES string of the molecule is CN(C)c1ccc(-n2ccc3cc(C(=O)N4CCC(F)CC4)cnc32)cc1. The first kappa shape index (κ1) is 17.5. The van der Waals surface area contributed by atoms with Crippen LogP contribution in [-0.4, -0.2) is 53.7 Å². The molecule has 3 aromatic rings. The first-order valence-electron chi connectivity index (χ1n) is 9.21. The fourth-order valence-electron chi connectivity index (χ4n) is 3.49. The number of hydrogen-bond donors (Lipinski definition) is 0. The summed E-state index contributed by atoms with van der Waals surface area (Å²) in [4.78, 5) is 21.0. The van der Waals surface area contributed by atoms with Crippen molar-refractivity contribution in [2.24, 2.45) is 0 Å². The normalized spacial score (nSPS) is 15.3. The van der Waals surface area contributed by atoms with E-state index in [1.54, 1.807) is 11.1 Å². The van der Waals surface area contributed by atoms with Crippen LogP contribution in [0.4, 0.5) is 10.1 Å². The average molecular weight is 366 g/mol. The number of rotatable bonds is 3. The number of carbonyl (C=O) groups excluding carboxylic acids is 1. The number of halogens is 1. The molecular weight excluding hydrogens is 343 g/mol. The Kier molecular flexibility index (Phi) is 4.56. The third-order valence-corrected chi connectivity index (χ3v) is 5.13. The minimum atomic E-state index is -0.789. The van der Waals surface area contributed by atoms with Gasteiger partial charge in [-0.15, -0.1) is 0 Å². The third-order valence-electron chi connectivity index (χ3n) is 5.13. The second kappa shape index (κ2) is 7.02. The molecule has 0 spiro atoms. The molecule has 0 bridgehead atoms. The van der Waals surface area contributed by atoms with Gasteiger partial charge in [-0.05, 0) is 49.2 Å². The lowest BCUT2D eigenvalue weighted by Crippen LogP contribution is -2.39. The second-order valence-electron chi connectivity index (χ2n) is 7.20. The summed E-state index contributed by atoms with van der Waals surface area (Å²) >= 11 is 0. The lowest BCUT2D eigenvalue weighted by molar-refractivity contribution is 0.0667. The van der Waals surface area contributed by atoms with Crippen LogP contribution >= 0.6 is 0 Å². The highest BCUT2D eigenvalue weighted by Gasteiger charge is 2.23. The monoisotopic (exact) mass is 366 g/mol. The molecule has 0 atom stereocenters. The molecule has 1 aliphatic heterocycles. The van der Waals surface area contributed by atoms with Crippen LogP contribution in [0.2, 0.25) is 0 Å². The van der Waals surface area contributed by atoms with Crippen LogP contribution in [0.15, 0.2) is 48.8 Å². The summed E-state index contributed by atoms with van der Waals surface area (Å²) in [6.45, 7) is 0.939. The summed E-state index contributed by atoms with van der Waals surface area (Å²) in [5, 5.41) is 0.915. The van der Waals surface area contributed by atoms with Gasteiger partial charge in [0, 0.05) is 56.3 Å². The maximum atomic E-state index is 13.3. The van der Waals surface area contributed by atoms with Gasteiger partial charge in [0.05, 0.1) is 5.56 Å². The van der Waals surface area contributed by atoms with Gasteiger partial charge in [-0.25, -0.2) is 9.37 Å². The maximum Gasteiger partial charge on any atom is 0.255 e. The predicted molar refractivity (Wildman–Crippen MR) is 105 cm³/mol.